The molecule has 0 unspecified atom stereocenters. The highest BCUT2D eigenvalue weighted by molar-refractivity contribution is 7.17. The molecule has 0 fully saturated rings. The molecule has 2 heterocycles. The van der Waals surface area contributed by atoms with Gasteiger partial charge in [0.2, 0.25) is 0 Å². The predicted octanol–water partition coefficient (Wildman–Crippen LogP) is 3.87. The summed E-state index contributed by atoms with van der Waals surface area (Å²) in [4.78, 5) is 18.8. The first-order valence-electron chi connectivity index (χ1n) is 7.43. The lowest BCUT2D eigenvalue weighted by molar-refractivity contribution is -0.112. The highest BCUT2D eigenvalue weighted by atomic mass is 32.1. The van der Waals surface area contributed by atoms with Crippen LogP contribution in [0.3, 0.4) is 0 Å². The molecule has 6 heteroatoms. The number of nitrogens with zero attached hydrogens (tertiary/aromatic N) is 3. The molecule has 2 aromatic heterocycles. The predicted molar refractivity (Wildman–Crippen MR) is 95.9 cm³/mol. The number of aryl methyl sites for hydroxylation is 3. The van der Waals surface area contributed by atoms with Crippen molar-refractivity contribution in [2.75, 3.05) is 5.32 Å². The van der Waals surface area contributed by atoms with Crippen LogP contribution in [0.4, 0.5) is 5.69 Å². The first kappa shape index (κ1) is 16.0. The van der Waals surface area contributed by atoms with Gasteiger partial charge in [-0.1, -0.05) is 17.7 Å². The number of imidazole rings is 1. The fourth-order valence-electron chi connectivity index (χ4n) is 2.38. The number of nitriles is 1. The Bertz CT molecular complexity index is 987. The second-order valence-corrected chi connectivity index (χ2v) is 6.78. The maximum atomic E-state index is 12.4. The second-order valence-electron chi connectivity index (χ2n) is 5.57. The van der Waals surface area contributed by atoms with Crippen LogP contribution in [0.15, 0.2) is 36.0 Å². The smallest absolute Gasteiger partial charge is 0.266 e. The van der Waals surface area contributed by atoms with Crippen LogP contribution in [-0.2, 0) is 4.79 Å². The average Bonchev–Trinajstić information content (AvgIpc) is 3.02. The van der Waals surface area contributed by atoms with Crippen LogP contribution in [0, 0.1) is 32.1 Å². The normalized spacial score (nSPS) is 11.5. The highest BCUT2D eigenvalue weighted by Gasteiger charge is 2.14. The van der Waals surface area contributed by atoms with E-state index in [4.69, 9.17) is 0 Å². The van der Waals surface area contributed by atoms with Crippen molar-refractivity contribution in [2.24, 2.45) is 0 Å². The fraction of sp³-hybridized carbons (Fsp3) is 0.167. The van der Waals surface area contributed by atoms with Gasteiger partial charge in [-0.05, 0) is 39.0 Å². The quantitative estimate of drug-likeness (QED) is 0.583. The molecule has 24 heavy (non-hydrogen) atoms. The van der Waals surface area contributed by atoms with Crippen molar-refractivity contribution in [3.8, 4) is 6.07 Å². The minimum Gasteiger partial charge on any atom is -0.321 e. The van der Waals surface area contributed by atoms with E-state index in [2.05, 4.69) is 10.3 Å². The van der Waals surface area contributed by atoms with Crippen molar-refractivity contribution in [2.45, 2.75) is 20.8 Å². The van der Waals surface area contributed by atoms with Gasteiger partial charge < -0.3 is 5.32 Å². The van der Waals surface area contributed by atoms with E-state index >= 15 is 0 Å². The van der Waals surface area contributed by atoms with Crippen LogP contribution >= 0.6 is 11.3 Å². The molecule has 0 aliphatic heterocycles. The molecule has 0 bridgehead atoms. The van der Waals surface area contributed by atoms with E-state index in [0.29, 0.717) is 5.69 Å². The van der Waals surface area contributed by atoms with Crippen LogP contribution in [0.2, 0.25) is 0 Å². The molecule has 3 rings (SSSR count). The van der Waals surface area contributed by atoms with Crippen molar-refractivity contribution < 1.29 is 4.79 Å². The van der Waals surface area contributed by atoms with E-state index in [0.717, 1.165) is 26.8 Å². The Morgan fingerprint density at radius 2 is 2.00 bits per heavy atom. The van der Waals surface area contributed by atoms with Crippen LogP contribution < -0.4 is 5.32 Å². The molecule has 5 nitrogen and oxygen atoms in total. The molecule has 0 aliphatic rings. The molecule has 0 aliphatic carbocycles. The Morgan fingerprint density at radius 3 is 2.67 bits per heavy atom. The number of hydrogen-bond acceptors (Lipinski definition) is 4. The number of nitrogens with one attached hydrogen (secondary N) is 1. The van der Waals surface area contributed by atoms with E-state index < -0.39 is 5.91 Å². The van der Waals surface area contributed by atoms with Gasteiger partial charge >= 0.3 is 0 Å². The number of benzene rings is 1. The van der Waals surface area contributed by atoms with Gasteiger partial charge in [-0.2, -0.15) is 5.26 Å². The van der Waals surface area contributed by atoms with Crippen molar-refractivity contribution >= 4 is 34.0 Å². The molecule has 0 atom stereocenters. The number of fused-ring (bicyclic) bond motifs is 1. The van der Waals surface area contributed by atoms with Gasteiger partial charge in [-0.15, -0.1) is 11.3 Å². The minimum atomic E-state index is -0.428. The third kappa shape index (κ3) is 3.07. The molecule has 0 saturated carbocycles. The maximum absolute atomic E-state index is 12.4. The Morgan fingerprint density at radius 1 is 1.29 bits per heavy atom. The third-order valence-corrected chi connectivity index (χ3v) is 4.52. The zero-order valence-electron chi connectivity index (χ0n) is 13.6. The van der Waals surface area contributed by atoms with Gasteiger partial charge in [-0.3, -0.25) is 9.20 Å². The number of amides is 1. The van der Waals surface area contributed by atoms with Gasteiger partial charge in [0.15, 0.2) is 4.96 Å². The van der Waals surface area contributed by atoms with Crippen molar-refractivity contribution in [1.82, 2.24) is 9.38 Å². The number of carbonyl (C=O) groups excluding carboxylic acids is 1. The highest BCUT2D eigenvalue weighted by Crippen LogP contribution is 2.22. The number of aromatic nitrogens is 2. The first-order chi connectivity index (χ1) is 11.5. The SMILES string of the molecule is Cc1ccc(NC(=O)/C(C#N)=C/c2c(C)nc3sc(C)cn23)cc1. The molecule has 0 radical (unpaired) electrons. The molecule has 0 saturated heterocycles. The van der Waals surface area contributed by atoms with Crippen LogP contribution in [0.5, 0.6) is 0 Å². The summed E-state index contributed by atoms with van der Waals surface area (Å²) in [5.41, 5.74) is 3.36. The lowest BCUT2D eigenvalue weighted by Gasteiger charge is -2.04. The molecule has 120 valence electrons. The minimum absolute atomic E-state index is 0.0457. The molecule has 0 spiro atoms. The Balaban J connectivity index is 1.93. The molecule has 3 aromatic rings. The van der Waals surface area contributed by atoms with Crippen LogP contribution in [0.25, 0.3) is 11.0 Å². The van der Waals surface area contributed by atoms with Gasteiger partial charge in [0, 0.05) is 16.8 Å². The summed E-state index contributed by atoms with van der Waals surface area (Å²) in [5, 5.41) is 12.1. The van der Waals surface area contributed by atoms with Gasteiger partial charge in [0.1, 0.15) is 11.6 Å². The number of thiazole rings is 1. The largest absolute Gasteiger partial charge is 0.321 e. The van der Waals surface area contributed by atoms with E-state index in [1.165, 1.54) is 0 Å². The fourth-order valence-corrected chi connectivity index (χ4v) is 3.25. The van der Waals surface area contributed by atoms with E-state index in [1.54, 1.807) is 17.4 Å². The Hall–Kier alpha value is -2.91. The van der Waals surface area contributed by atoms with Gasteiger partial charge in [0.25, 0.3) is 5.91 Å². The molecule has 1 aromatic carbocycles. The first-order valence-corrected chi connectivity index (χ1v) is 8.24. The van der Waals surface area contributed by atoms with E-state index in [9.17, 15) is 10.1 Å². The monoisotopic (exact) mass is 336 g/mol. The Labute approximate surface area is 143 Å². The van der Waals surface area contributed by atoms with Crippen molar-refractivity contribution in [3.05, 3.63) is 57.9 Å². The molecular weight excluding hydrogens is 320 g/mol. The Kier molecular flexibility index (Phi) is 4.19. The maximum Gasteiger partial charge on any atom is 0.266 e. The van der Waals surface area contributed by atoms with Crippen LogP contribution in [-0.4, -0.2) is 15.3 Å². The average molecular weight is 336 g/mol. The zero-order valence-corrected chi connectivity index (χ0v) is 14.4. The van der Waals surface area contributed by atoms with Crippen molar-refractivity contribution in [1.29, 1.82) is 5.26 Å². The summed E-state index contributed by atoms with van der Waals surface area (Å²) in [6.45, 7) is 5.84. The lowest BCUT2D eigenvalue weighted by Crippen LogP contribution is -2.13. The third-order valence-electron chi connectivity index (χ3n) is 3.62. The summed E-state index contributed by atoms with van der Waals surface area (Å²) in [6, 6.07) is 9.42. The van der Waals surface area contributed by atoms with Crippen LogP contribution in [0.1, 0.15) is 21.8 Å². The number of carbonyl (C=O) groups is 1. The lowest BCUT2D eigenvalue weighted by atomic mass is 10.2. The van der Waals surface area contributed by atoms with E-state index in [-0.39, 0.29) is 5.57 Å². The summed E-state index contributed by atoms with van der Waals surface area (Å²) in [5.74, 6) is -0.428. The summed E-state index contributed by atoms with van der Waals surface area (Å²) >= 11 is 1.57. The number of hydrogen-bond donors (Lipinski definition) is 1. The van der Waals surface area contributed by atoms with Gasteiger partial charge in [-0.25, -0.2) is 4.98 Å². The number of anilines is 1. The molecule has 1 N–H and O–H groups in total. The number of rotatable bonds is 3. The topological polar surface area (TPSA) is 70.2 Å². The van der Waals surface area contributed by atoms with E-state index in [1.807, 2.05) is 61.7 Å². The standard InChI is InChI=1S/C18H16N4OS/c1-11-4-6-15(7-5-11)21-17(23)14(9-19)8-16-13(3)20-18-22(16)10-12(2)24-18/h4-8,10H,1-3H3,(H,21,23)/b14-8+. The molecule has 1 amide bonds. The summed E-state index contributed by atoms with van der Waals surface area (Å²) in [7, 11) is 0. The second kappa shape index (κ2) is 6.30. The van der Waals surface area contributed by atoms with Gasteiger partial charge in [0.05, 0.1) is 11.4 Å². The zero-order chi connectivity index (χ0) is 17.3. The summed E-state index contributed by atoms with van der Waals surface area (Å²) < 4.78 is 1.91. The van der Waals surface area contributed by atoms with Crippen molar-refractivity contribution in [3.63, 3.8) is 0 Å². The molecular formula is C18H16N4OS. The summed E-state index contributed by atoms with van der Waals surface area (Å²) in [6.07, 6.45) is 3.55.